The van der Waals surface area contributed by atoms with Gasteiger partial charge in [0, 0.05) is 12.6 Å². The molecule has 0 unspecified atom stereocenters. The Labute approximate surface area is 201 Å². The standard InChI is InChI=1S/C26H32Cl2N2O2/c1-4-24(26(32)29-21-7-5-6-8-21)30(16-19-11-12-22(27)23(28)14-19)25(31)15-20-13-17(2)9-10-18(20)3/h9-14,21,24H,4-8,15-16H2,1-3H3,(H,29,32)/t24-/m0/s1. The van der Waals surface area contributed by atoms with E-state index in [2.05, 4.69) is 5.32 Å². The van der Waals surface area contributed by atoms with E-state index >= 15 is 0 Å². The van der Waals surface area contributed by atoms with Crippen LogP contribution in [0.2, 0.25) is 10.0 Å². The Kier molecular flexibility index (Phi) is 8.61. The molecule has 1 atom stereocenters. The van der Waals surface area contributed by atoms with Crippen molar-refractivity contribution in [3.63, 3.8) is 0 Å². The molecule has 2 aromatic rings. The lowest BCUT2D eigenvalue weighted by Gasteiger charge is -2.32. The van der Waals surface area contributed by atoms with Gasteiger partial charge in [-0.2, -0.15) is 0 Å². The molecule has 3 rings (SSSR count). The number of benzene rings is 2. The average Bonchev–Trinajstić information content (AvgIpc) is 3.26. The van der Waals surface area contributed by atoms with Crippen molar-refractivity contribution in [3.8, 4) is 0 Å². The summed E-state index contributed by atoms with van der Waals surface area (Å²) in [5, 5.41) is 4.08. The van der Waals surface area contributed by atoms with E-state index in [9.17, 15) is 9.59 Å². The second-order valence-electron chi connectivity index (χ2n) is 8.79. The van der Waals surface area contributed by atoms with Crippen LogP contribution in [-0.2, 0) is 22.6 Å². The van der Waals surface area contributed by atoms with Crippen molar-refractivity contribution in [2.75, 3.05) is 0 Å². The minimum absolute atomic E-state index is 0.0711. The number of nitrogens with one attached hydrogen (secondary N) is 1. The molecule has 1 aliphatic carbocycles. The summed E-state index contributed by atoms with van der Waals surface area (Å²) in [5.41, 5.74) is 4.02. The van der Waals surface area contributed by atoms with Gasteiger partial charge in [-0.1, -0.05) is 72.8 Å². The van der Waals surface area contributed by atoms with Crippen molar-refractivity contribution < 1.29 is 9.59 Å². The quantitative estimate of drug-likeness (QED) is 0.508. The first-order chi connectivity index (χ1) is 15.3. The Morgan fingerprint density at radius 3 is 2.44 bits per heavy atom. The molecule has 6 heteroatoms. The van der Waals surface area contributed by atoms with E-state index in [0.29, 0.717) is 23.0 Å². The number of hydrogen-bond acceptors (Lipinski definition) is 2. The van der Waals surface area contributed by atoms with E-state index in [1.54, 1.807) is 17.0 Å². The highest BCUT2D eigenvalue weighted by Crippen LogP contribution is 2.25. The number of carbonyl (C=O) groups is 2. The molecule has 0 saturated heterocycles. The maximum Gasteiger partial charge on any atom is 0.243 e. The zero-order valence-corrected chi connectivity index (χ0v) is 20.6. The topological polar surface area (TPSA) is 49.4 Å². The molecule has 172 valence electrons. The summed E-state index contributed by atoms with van der Waals surface area (Å²) < 4.78 is 0. The number of amides is 2. The van der Waals surface area contributed by atoms with Gasteiger partial charge in [-0.25, -0.2) is 0 Å². The molecule has 2 aromatic carbocycles. The molecule has 0 aliphatic heterocycles. The Morgan fingerprint density at radius 2 is 1.78 bits per heavy atom. The number of halogens is 2. The van der Waals surface area contributed by atoms with Crippen LogP contribution in [0.25, 0.3) is 0 Å². The van der Waals surface area contributed by atoms with Crippen molar-refractivity contribution in [2.24, 2.45) is 0 Å². The van der Waals surface area contributed by atoms with Gasteiger partial charge in [0.15, 0.2) is 0 Å². The van der Waals surface area contributed by atoms with Gasteiger partial charge in [-0.05, 0) is 61.9 Å². The van der Waals surface area contributed by atoms with Crippen LogP contribution in [0.4, 0.5) is 0 Å². The van der Waals surface area contributed by atoms with Gasteiger partial charge in [0.2, 0.25) is 11.8 Å². The zero-order valence-electron chi connectivity index (χ0n) is 19.1. The van der Waals surface area contributed by atoms with E-state index in [1.165, 1.54) is 0 Å². The highest BCUT2D eigenvalue weighted by Gasteiger charge is 2.30. The minimum atomic E-state index is -0.539. The molecular weight excluding hydrogens is 443 g/mol. The van der Waals surface area contributed by atoms with Gasteiger partial charge >= 0.3 is 0 Å². The molecule has 0 heterocycles. The van der Waals surface area contributed by atoms with Gasteiger partial charge in [-0.3, -0.25) is 9.59 Å². The van der Waals surface area contributed by atoms with Crippen LogP contribution in [0.1, 0.15) is 61.3 Å². The highest BCUT2D eigenvalue weighted by atomic mass is 35.5. The van der Waals surface area contributed by atoms with Gasteiger partial charge in [0.05, 0.1) is 16.5 Å². The van der Waals surface area contributed by atoms with Crippen LogP contribution < -0.4 is 5.32 Å². The molecule has 1 N–H and O–H groups in total. The molecule has 4 nitrogen and oxygen atoms in total. The minimum Gasteiger partial charge on any atom is -0.352 e. The maximum absolute atomic E-state index is 13.6. The summed E-state index contributed by atoms with van der Waals surface area (Å²) >= 11 is 12.3. The summed E-state index contributed by atoms with van der Waals surface area (Å²) in [6.45, 7) is 6.28. The first-order valence-corrected chi connectivity index (χ1v) is 12.1. The molecule has 0 bridgehead atoms. The van der Waals surface area contributed by atoms with Crippen molar-refractivity contribution in [3.05, 3.63) is 68.7 Å². The lowest BCUT2D eigenvalue weighted by Crippen LogP contribution is -2.51. The third-order valence-electron chi connectivity index (χ3n) is 6.27. The summed E-state index contributed by atoms with van der Waals surface area (Å²) in [5.74, 6) is -0.146. The molecule has 1 aliphatic rings. The van der Waals surface area contributed by atoms with Crippen molar-refractivity contribution in [1.29, 1.82) is 0 Å². The molecule has 1 saturated carbocycles. The fourth-order valence-electron chi connectivity index (χ4n) is 4.38. The SMILES string of the molecule is CC[C@@H](C(=O)NC1CCCC1)N(Cc1ccc(Cl)c(Cl)c1)C(=O)Cc1cc(C)ccc1C. The largest absolute Gasteiger partial charge is 0.352 e. The molecule has 0 aromatic heterocycles. The summed E-state index contributed by atoms with van der Waals surface area (Å²) in [6, 6.07) is 11.1. The van der Waals surface area contributed by atoms with Gasteiger partial charge in [-0.15, -0.1) is 0 Å². The summed E-state index contributed by atoms with van der Waals surface area (Å²) in [7, 11) is 0. The van der Waals surface area contributed by atoms with E-state index in [1.807, 2.05) is 45.0 Å². The highest BCUT2D eigenvalue weighted by molar-refractivity contribution is 6.42. The third kappa shape index (κ3) is 6.26. The lowest BCUT2D eigenvalue weighted by atomic mass is 10.0. The molecule has 32 heavy (non-hydrogen) atoms. The number of carbonyl (C=O) groups excluding carboxylic acids is 2. The first kappa shape index (κ1) is 24.6. The molecule has 0 spiro atoms. The Hall–Kier alpha value is -2.04. The number of aryl methyl sites for hydroxylation is 2. The molecular formula is C26H32Cl2N2O2. The second-order valence-corrected chi connectivity index (χ2v) is 9.61. The fourth-order valence-corrected chi connectivity index (χ4v) is 4.70. The van der Waals surface area contributed by atoms with E-state index in [4.69, 9.17) is 23.2 Å². The number of nitrogens with zero attached hydrogens (tertiary/aromatic N) is 1. The predicted octanol–water partition coefficient (Wildman–Crippen LogP) is 6.02. The van der Waals surface area contributed by atoms with Crippen LogP contribution in [0.3, 0.4) is 0 Å². The Bertz CT molecular complexity index is 970. The monoisotopic (exact) mass is 474 g/mol. The van der Waals surface area contributed by atoms with Gasteiger partial charge in [0.1, 0.15) is 6.04 Å². The molecule has 0 radical (unpaired) electrons. The second kappa shape index (κ2) is 11.2. The first-order valence-electron chi connectivity index (χ1n) is 11.4. The summed E-state index contributed by atoms with van der Waals surface area (Å²) in [6.07, 6.45) is 5.08. The van der Waals surface area contributed by atoms with E-state index in [0.717, 1.165) is 47.9 Å². The van der Waals surface area contributed by atoms with E-state index < -0.39 is 6.04 Å². The van der Waals surface area contributed by atoms with Gasteiger partial charge < -0.3 is 10.2 Å². The summed E-state index contributed by atoms with van der Waals surface area (Å²) in [4.78, 5) is 28.5. The van der Waals surface area contributed by atoms with Crippen molar-refractivity contribution in [1.82, 2.24) is 10.2 Å². The Morgan fingerprint density at radius 1 is 1.06 bits per heavy atom. The van der Waals surface area contributed by atoms with Crippen LogP contribution in [0.5, 0.6) is 0 Å². The normalized spacial score (nSPS) is 14.9. The molecule has 1 fully saturated rings. The van der Waals surface area contributed by atoms with Crippen LogP contribution >= 0.6 is 23.2 Å². The zero-order chi connectivity index (χ0) is 23.3. The van der Waals surface area contributed by atoms with Crippen molar-refractivity contribution in [2.45, 2.75) is 77.9 Å². The van der Waals surface area contributed by atoms with Crippen molar-refractivity contribution >= 4 is 35.0 Å². The number of rotatable bonds is 8. The Balaban J connectivity index is 1.87. The fraction of sp³-hybridized carbons (Fsp3) is 0.462. The predicted molar refractivity (Wildman–Crippen MR) is 131 cm³/mol. The number of hydrogen-bond donors (Lipinski definition) is 1. The van der Waals surface area contributed by atoms with Crippen LogP contribution in [-0.4, -0.2) is 28.8 Å². The lowest BCUT2D eigenvalue weighted by molar-refractivity contribution is -0.141. The molecule has 2 amide bonds. The van der Waals surface area contributed by atoms with Crippen LogP contribution in [0, 0.1) is 13.8 Å². The third-order valence-corrected chi connectivity index (χ3v) is 7.01. The smallest absolute Gasteiger partial charge is 0.243 e. The van der Waals surface area contributed by atoms with E-state index in [-0.39, 0.29) is 24.3 Å². The van der Waals surface area contributed by atoms with Crippen LogP contribution in [0.15, 0.2) is 36.4 Å². The maximum atomic E-state index is 13.6. The van der Waals surface area contributed by atoms with Gasteiger partial charge in [0.25, 0.3) is 0 Å². The average molecular weight is 475 g/mol.